The quantitative estimate of drug-likeness (QED) is 0.483. The molecule has 60 valence electrons. The van der Waals surface area contributed by atoms with Crippen molar-refractivity contribution in [3.05, 3.63) is 5.82 Å². The molecule has 1 aromatic heterocycles. The molecule has 1 heterocycles. The highest BCUT2D eigenvalue weighted by molar-refractivity contribution is 5.25. The predicted molar refractivity (Wildman–Crippen MR) is 39.4 cm³/mol. The van der Waals surface area contributed by atoms with Crippen LogP contribution >= 0.6 is 0 Å². The molecule has 6 nitrogen and oxygen atoms in total. The normalized spacial score (nSPS) is 9.91. The van der Waals surface area contributed by atoms with Crippen LogP contribution in [-0.2, 0) is 6.42 Å². The van der Waals surface area contributed by atoms with Gasteiger partial charge in [0.15, 0.2) is 0 Å². The fourth-order valence-electron chi connectivity index (χ4n) is 0.669. The van der Waals surface area contributed by atoms with Gasteiger partial charge in [0, 0.05) is 6.42 Å². The Bertz CT molecular complexity index is 230. The smallest absolute Gasteiger partial charge is 0.225 e. The van der Waals surface area contributed by atoms with Gasteiger partial charge in [-0.25, -0.2) is 0 Å². The summed E-state index contributed by atoms with van der Waals surface area (Å²) in [6.07, 6.45) is 0.344. The number of aromatic nitrogens is 3. The molecule has 0 spiro atoms. The third kappa shape index (κ3) is 2.01. The van der Waals surface area contributed by atoms with Crippen LogP contribution in [0.25, 0.3) is 0 Å². The summed E-state index contributed by atoms with van der Waals surface area (Å²) >= 11 is 0. The molecule has 0 aliphatic carbocycles. The second-order valence-electron chi connectivity index (χ2n) is 1.94. The van der Waals surface area contributed by atoms with Crippen molar-refractivity contribution >= 4 is 11.9 Å². The number of hydrogen-bond donors (Lipinski definition) is 3. The second-order valence-corrected chi connectivity index (χ2v) is 1.94. The van der Waals surface area contributed by atoms with Crippen LogP contribution in [0.5, 0.6) is 0 Å². The standard InChI is InChI=1S/C5H9N5O/c6-4-8-3(1-2-11)9-5(7)10-4/h11H,1-2H2,(H4,6,7,8,9,10). The molecule has 0 aliphatic rings. The SMILES string of the molecule is Nc1nc(N)nc(CCO)n1. The molecule has 0 bridgehead atoms. The minimum atomic E-state index is -0.0249. The molecule has 5 N–H and O–H groups in total. The maximum absolute atomic E-state index is 8.52. The van der Waals surface area contributed by atoms with E-state index in [1.54, 1.807) is 0 Å². The Kier molecular flexibility index (Phi) is 2.17. The summed E-state index contributed by atoms with van der Waals surface area (Å²) in [7, 11) is 0. The van der Waals surface area contributed by atoms with Crippen LogP contribution in [0, 0.1) is 0 Å². The number of aliphatic hydroxyl groups excluding tert-OH is 1. The summed E-state index contributed by atoms with van der Waals surface area (Å²) in [5, 5.41) is 8.52. The first kappa shape index (κ1) is 7.67. The Morgan fingerprint density at radius 1 is 1.09 bits per heavy atom. The Morgan fingerprint density at radius 3 is 2.09 bits per heavy atom. The molecule has 0 fully saturated rings. The van der Waals surface area contributed by atoms with E-state index in [9.17, 15) is 0 Å². The van der Waals surface area contributed by atoms with Gasteiger partial charge in [0.05, 0.1) is 6.61 Å². The molecule has 1 rings (SSSR count). The molecule has 11 heavy (non-hydrogen) atoms. The Labute approximate surface area is 63.3 Å². The zero-order chi connectivity index (χ0) is 8.27. The summed E-state index contributed by atoms with van der Waals surface area (Å²) < 4.78 is 0. The summed E-state index contributed by atoms with van der Waals surface area (Å²) in [5.74, 6) is 0.583. The van der Waals surface area contributed by atoms with E-state index >= 15 is 0 Å². The zero-order valence-corrected chi connectivity index (χ0v) is 5.86. The maximum atomic E-state index is 8.52. The van der Waals surface area contributed by atoms with Crippen molar-refractivity contribution in [2.75, 3.05) is 18.1 Å². The molecule has 6 heteroatoms. The van der Waals surface area contributed by atoms with Gasteiger partial charge in [0.25, 0.3) is 0 Å². The number of nitrogens with zero attached hydrogens (tertiary/aromatic N) is 3. The predicted octanol–water partition coefficient (Wildman–Crippen LogP) is -1.43. The highest BCUT2D eigenvalue weighted by Gasteiger charge is 1.99. The number of nitrogen functional groups attached to an aromatic ring is 2. The van der Waals surface area contributed by atoms with Gasteiger partial charge in [-0.3, -0.25) is 0 Å². The first-order valence-electron chi connectivity index (χ1n) is 3.09. The maximum Gasteiger partial charge on any atom is 0.225 e. The zero-order valence-electron chi connectivity index (χ0n) is 5.86. The van der Waals surface area contributed by atoms with Gasteiger partial charge in [0.1, 0.15) is 5.82 Å². The molecule has 0 aliphatic heterocycles. The van der Waals surface area contributed by atoms with Crippen molar-refractivity contribution in [3.63, 3.8) is 0 Å². The molecule has 0 radical (unpaired) electrons. The lowest BCUT2D eigenvalue weighted by atomic mass is 10.4. The van der Waals surface area contributed by atoms with Crippen molar-refractivity contribution in [3.8, 4) is 0 Å². The second kappa shape index (κ2) is 3.11. The van der Waals surface area contributed by atoms with Crippen molar-refractivity contribution in [1.29, 1.82) is 0 Å². The average Bonchev–Trinajstić information content (AvgIpc) is 1.85. The van der Waals surface area contributed by atoms with E-state index in [0.29, 0.717) is 12.2 Å². The largest absolute Gasteiger partial charge is 0.396 e. The van der Waals surface area contributed by atoms with Crippen LogP contribution in [-0.4, -0.2) is 26.7 Å². The molecule has 0 aromatic carbocycles. The Balaban J connectivity index is 2.89. The van der Waals surface area contributed by atoms with Crippen LogP contribution < -0.4 is 11.5 Å². The van der Waals surface area contributed by atoms with E-state index in [1.807, 2.05) is 0 Å². The van der Waals surface area contributed by atoms with Gasteiger partial charge < -0.3 is 16.6 Å². The van der Waals surface area contributed by atoms with Crippen molar-refractivity contribution in [2.45, 2.75) is 6.42 Å². The highest BCUT2D eigenvalue weighted by atomic mass is 16.3. The van der Waals surface area contributed by atoms with E-state index in [4.69, 9.17) is 16.6 Å². The summed E-state index contributed by atoms with van der Waals surface area (Å²) in [6.45, 7) is -0.0249. The number of nitrogens with two attached hydrogens (primary N) is 2. The summed E-state index contributed by atoms with van der Waals surface area (Å²) in [6, 6.07) is 0. The van der Waals surface area contributed by atoms with Gasteiger partial charge in [-0.1, -0.05) is 0 Å². The lowest BCUT2D eigenvalue weighted by Crippen LogP contribution is -2.07. The van der Waals surface area contributed by atoms with Gasteiger partial charge in [0.2, 0.25) is 11.9 Å². The molecular formula is C5H9N5O. The lowest BCUT2D eigenvalue weighted by molar-refractivity contribution is 0.296. The van der Waals surface area contributed by atoms with E-state index in [1.165, 1.54) is 0 Å². The van der Waals surface area contributed by atoms with Crippen LogP contribution in [0.4, 0.5) is 11.9 Å². The monoisotopic (exact) mass is 155 g/mol. The Hall–Kier alpha value is -1.43. The molecule has 0 saturated heterocycles. The van der Waals surface area contributed by atoms with Gasteiger partial charge in [-0.05, 0) is 0 Å². The van der Waals surface area contributed by atoms with Gasteiger partial charge in [-0.15, -0.1) is 0 Å². The first-order valence-corrected chi connectivity index (χ1v) is 3.09. The number of anilines is 2. The van der Waals surface area contributed by atoms with Crippen molar-refractivity contribution in [1.82, 2.24) is 15.0 Å². The van der Waals surface area contributed by atoms with Gasteiger partial charge in [-0.2, -0.15) is 15.0 Å². The lowest BCUT2D eigenvalue weighted by Gasteiger charge is -1.98. The number of hydrogen-bond acceptors (Lipinski definition) is 6. The first-order chi connectivity index (χ1) is 5.22. The molecule has 0 unspecified atom stereocenters. The molecular weight excluding hydrogens is 146 g/mol. The van der Waals surface area contributed by atoms with Crippen LogP contribution in [0.15, 0.2) is 0 Å². The minimum absolute atomic E-state index is 0.0249. The average molecular weight is 155 g/mol. The number of aliphatic hydroxyl groups is 1. The van der Waals surface area contributed by atoms with E-state index in [-0.39, 0.29) is 18.5 Å². The third-order valence-corrected chi connectivity index (χ3v) is 1.05. The van der Waals surface area contributed by atoms with E-state index in [0.717, 1.165) is 0 Å². The minimum Gasteiger partial charge on any atom is -0.396 e. The van der Waals surface area contributed by atoms with E-state index < -0.39 is 0 Å². The van der Waals surface area contributed by atoms with Crippen molar-refractivity contribution < 1.29 is 5.11 Å². The van der Waals surface area contributed by atoms with E-state index in [2.05, 4.69) is 15.0 Å². The van der Waals surface area contributed by atoms with Crippen LogP contribution in [0.2, 0.25) is 0 Å². The third-order valence-electron chi connectivity index (χ3n) is 1.05. The molecule has 1 aromatic rings. The highest BCUT2D eigenvalue weighted by Crippen LogP contribution is 1.98. The van der Waals surface area contributed by atoms with Crippen LogP contribution in [0.1, 0.15) is 5.82 Å². The van der Waals surface area contributed by atoms with Crippen molar-refractivity contribution in [2.24, 2.45) is 0 Å². The van der Waals surface area contributed by atoms with Gasteiger partial charge >= 0.3 is 0 Å². The molecule has 0 atom stereocenters. The Morgan fingerprint density at radius 2 is 1.64 bits per heavy atom. The number of rotatable bonds is 2. The van der Waals surface area contributed by atoms with Crippen LogP contribution in [0.3, 0.4) is 0 Å². The summed E-state index contributed by atoms with van der Waals surface area (Å²) in [5.41, 5.74) is 10.5. The fourth-order valence-corrected chi connectivity index (χ4v) is 0.669. The molecule has 0 amide bonds. The fraction of sp³-hybridized carbons (Fsp3) is 0.400. The molecule has 0 saturated carbocycles. The topological polar surface area (TPSA) is 111 Å². The summed E-state index contributed by atoms with van der Waals surface area (Å²) in [4.78, 5) is 11.0.